The average molecular weight is 300 g/mol. The van der Waals surface area contributed by atoms with E-state index in [1.54, 1.807) is 0 Å². The predicted molar refractivity (Wildman–Crippen MR) is 85.1 cm³/mol. The van der Waals surface area contributed by atoms with Crippen molar-refractivity contribution in [1.82, 2.24) is 0 Å². The van der Waals surface area contributed by atoms with Crippen LogP contribution in [0.25, 0.3) is 0 Å². The first-order chi connectivity index (χ1) is 10.5. The van der Waals surface area contributed by atoms with Gasteiger partial charge in [-0.2, -0.15) is 0 Å². The highest BCUT2D eigenvalue weighted by Gasteiger charge is 2.43. The fourth-order valence-electron chi connectivity index (χ4n) is 4.18. The Balaban J connectivity index is 1.85. The van der Waals surface area contributed by atoms with Crippen molar-refractivity contribution in [3.05, 3.63) is 34.4 Å². The van der Waals surface area contributed by atoms with E-state index in [0.717, 1.165) is 42.7 Å². The van der Waals surface area contributed by atoms with E-state index >= 15 is 0 Å². The Labute approximate surface area is 132 Å². The van der Waals surface area contributed by atoms with Crippen LogP contribution >= 0.6 is 0 Å². The van der Waals surface area contributed by atoms with E-state index in [1.165, 1.54) is 5.56 Å². The number of Topliss-reactive ketones (excluding diaryl/α,β-unsaturated/α-hetero) is 2. The lowest BCUT2D eigenvalue weighted by molar-refractivity contribution is -0.125. The molecule has 2 fully saturated rings. The molecule has 0 spiro atoms. The lowest BCUT2D eigenvalue weighted by Gasteiger charge is -2.17. The number of aryl methyl sites for hydroxylation is 3. The molecule has 0 bridgehead atoms. The molecule has 1 saturated carbocycles. The Hall–Kier alpha value is -1.48. The van der Waals surface area contributed by atoms with Crippen LogP contribution in [0.15, 0.2) is 12.1 Å². The molecule has 0 aromatic heterocycles. The van der Waals surface area contributed by atoms with Crippen LogP contribution in [0.4, 0.5) is 0 Å². The van der Waals surface area contributed by atoms with Crippen molar-refractivity contribution in [2.45, 2.75) is 46.0 Å². The smallest absolute Gasteiger partial charge is 0.151 e. The molecule has 3 nitrogen and oxygen atoms in total. The fraction of sp³-hybridized carbons (Fsp3) is 0.579. The second-order valence-corrected chi connectivity index (χ2v) is 6.98. The summed E-state index contributed by atoms with van der Waals surface area (Å²) >= 11 is 0. The van der Waals surface area contributed by atoms with Gasteiger partial charge in [-0.3, -0.25) is 9.59 Å². The topological polar surface area (TPSA) is 43.4 Å². The van der Waals surface area contributed by atoms with Gasteiger partial charge in [-0.05, 0) is 56.2 Å². The van der Waals surface area contributed by atoms with Crippen molar-refractivity contribution < 1.29 is 14.3 Å². The van der Waals surface area contributed by atoms with Gasteiger partial charge in [0.1, 0.15) is 11.7 Å². The van der Waals surface area contributed by atoms with Gasteiger partial charge in [0.2, 0.25) is 0 Å². The molecule has 0 amide bonds. The summed E-state index contributed by atoms with van der Waals surface area (Å²) in [6.45, 7) is 7.59. The maximum atomic E-state index is 12.8. The van der Waals surface area contributed by atoms with Gasteiger partial charge in [-0.1, -0.05) is 17.7 Å². The van der Waals surface area contributed by atoms with Crippen LogP contribution in [0.1, 0.15) is 47.4 Å². The molecule has 1 aliphatic heterocycles. The molecule has 1 saturated heterocycles. The number of ketones is 2. The Morgan fingerprint density at radius 1 is 1.14 bits per heavy atom. The predicted octanol–water partition coefficient (Wildman–Crippen LogP) is 3.28. The average Bonchev–Trinajstić information content (AvgIpc) is 3.02. The van der Waals surface area contributed by atoms with Crippen LogP contribution in [0.5, 0.6) is 0 Å². The molecule has 1 aliphatic carbocycles. The molecule has 1 aromatic rings. The summed E-state index contributed by atoms with van der Waals surface area (Å²) in [6, 6.07) is 4.14. The van der Waals surface area contributed by atoms with Gasteiger partial charge in [0.15, 0.2) is 5.78 Å². The largest absolute Gasteiger partial charge is 0.381 e. The number of ether oxygens (including phenoxy) is 1. The molecule has 3 unspecified atom stereocenters. The van der Waals surface area contributed by atoms with Crippen molar-refractivity contribution in [2.24, 2.45) is 11.8 Å². The molecule has 118 valence electrons. The second kappa shape index (κ2) is 5.96. The zero-order valence-electron chi connectivity index (χ0n) is 13.6. The van der Waals surface area contributed by atoms with Gasteiger partial charge < -0.3 is 4.74 Å². The highest BCUT2D eigenvalue weighted by Crippen LogP contribution is 2.39. The van der Waals surface area contributed by atoms with Crippen LogP contribution in [0.3, 0.4) is 0 Å². The van der Waals surface area contributed by atoms with E-state index in [4.69, 9.17) is 4.74 Å². The minimum absolute atomic E-state index is 0.101. The molecular formula is C19H24O3. The van der Waals surface area contributed by atoms with Crippen molar-refractivity contribution >= 4 is 11.6 Å². The van der Waals surface area contributed by atoms with E-state index in [2.05, 4.69) is 12.1 Å². The summed E-state index contributed by atoms with van der Waals surface area (Å²) in [5.74, 6) is 0.0360. The van der Waals surface area contributed by atoms with E-state index < -0.39 is 5.92 Å². The third-order valence-corrected chi connectivity index (χ3v) is 5.12. The van der Waals surface area contributed by atoms with Crippen LogP contribution in [-0.2, 0) is 14.3 Å². The Morgan fingerprint density at radius 3 is 2.41 bits per heavy atom. The number of carbonyl (C=O) groups excluding carboxylic acids is 2. The number of carbonyl (C=O) groups is 2. The summed E-state index contributed by atoms with van der Waals surface area (Å²) in [4.78, 5) is 25.3. The third kappa shape index (κ3) is 2.74. The van der Waals surface area contributed by atoms with Gasteiger partial charge >= 0.3 is 0 Å². The van der Waals surface area contributed by atoms with Crippen LogP contribution < -0.4 is 0 Å². The minimum atomic E-state index is -0.534. The SMILES string of the molecule is Cc1cc(C)c(C2C(=O)CC(CC3CCOC3)C2=O)c(C)c1. The fourth-order valence-corrected chi connectivity index (χ4v) is 4.18. The van der Waals surface area contributed by atoms with Gasteiger partial charge in [0, 0.05) is 25.6 Å². The van der Waals surface area contributed by atoms with E-state index in [0.29, 0.717) is 12.3 Å². The molecule has 0 radical (unpaired) electrons. The highest BCUT2D eigenvalue weighted by molar-refractivity contribution is 6.14. The summed E-state index contributed by atoms with van der Waals surface area (Å²) in [5, 5.41) is 0. The lowest BCUT2D eigenvalue weighted by Crippen LogP contribution is -2.19. The Kier molecular flexibility index (Phi) is 4.18. The minimum Gasteiger partial charge on any atom is -0.381 e. The molecule has 1 heterocycles. The number of hydrogen-bond donors (Lipinski definition) is 0. The molecule has 3 atom stereocenters. The van der Waals surface area contributed by atoms with Crippen molar-refractivity contribution in [3.8, 4) is 0 Å². The van der Waals surface area contributed by atoms with Gasteiger partial charge in [0.05, 0.1) is 0 Å². The van der Waals surface area contributed by atoms with Crippen molar-refractivity contribution in [1.29, 1.82) is 0 Å². The maximum Gasteiger partial charge on any atom is 0.151 e. The van der Waals surface area contributed by atoms with Crippen LogP contribution in [0, 0.1) is 32.6 Å². The quantitative estimate of drug-likeness (QED) is 0.805. The van der Waals surface area contributed by atoms with Crippen LogP contribution in [0.2, 0.25) is 0 Å². The van der Waals surface area contributed by atoms with Crippen molar-refractivity contribution in [2.75, 3.05) is 13.2 Å². The second-order valence-electron chi connectivity index (χ2n) is 6.98. The van der Waals surface area contributed by atoms with E-state index in [9.17, 15) is 9.59 Å². The number of benzene rings is 1. The normalized spacial score (nSPS) is 28.6. The first kappa shape index (κ1) is 15.4. The molecule has 3 heteroatoms. The highest BCUT2D eigenvalue weighted by atomic mass is 16.5. The molecule has 0 N–H and O–H groups in total. The summed E-state index contributed by atoms with van der Waals surface area (Å²) in [6.07, 6.45) is 2.24. The lowest BCUT2D eigenvalue weighted by atomic mass is 9.85. The first-order valence-corrected chi connectivity index (χ1v) is 8.19. The number of hydrogen-bond acceptors (Lipinski definition) is 3. The zero-order valence-corrected chi connectivity index (χ0v) is 13.6. The van der Waals surface area contributed by atoms with E-state index in [-0.39, 0.29) is 17.5 Å². The monoisotopic (exact) mass is 300 g/mol. The Bertz CT molecular complexity index is 588. The van der Waals surface area contributed by atoms with Crippen molar-refractivity contribution in [3.63, 3.8) is 0 Å². The molecule has 3 rings (SSSR count). The zero-order chi connectivity index (χ0) is 15.9. The molecule has 2 aliphatic rings. The van der Waals surface area contributed by atoms with Gasteiger partial charge in [0.25, 0.3) is 0 Å². The maximum absolute atomic E-state index is 12.8. The Morgan fingerprint density at radius 2 is 1.82 bits per heavy atom. The molecule has 22 heavy (non-hydrogen) atoms. The van der Waals surface area contributed by atoms with Gasteiger partial charge in [-0.15, -0.1) is 0 Å². The molecule has 1 aromatic carbocycles. The summed E-state index contributed by atoms with van der Waals surface area (Å²) in [7, 11) is 0. The van der Waals surface area contributed by atoms with Crippen LogP contribution in [-0.4, -0.2) is 24.8 Å². The molecular weight excluding hydrogens is 276 g/mol. The summed E-state index contributed by atoms with van der Waals surface area (Å²) < 4.78 is 5.40. The standard InChI is InChI=1S/C19H24O3/c1-11-6-12(2)17(13(3)7-11)18-16(20)9-15(19(18)21)8-14-4-5-22-10-14/h6-7,14-15,18H,4-5,8-10H2,1-3H3. The third-order valence-electron chi connectivity index (χ3n) is 5.12. The van der Waals surface area contributed by atoms with Gasteiger partial charge in [-0.25, -0.2) is 0 Å². The number of rotatable bonds is 3. The van der Waals surface area contributed by atoms with E-state index in [1.807, 2.05) is 20.8 Å². The summed E-state index contributed by atoms with van der Waals surface area (Å²) in [5.41, 5.74) is 4.25. The first-order valence-electron chi connectivity index (χ1n) is 8.19.